The Labute approximate surface area is 114 Å². The molecular weight excluding hydrogens is 270 g/mol. The van der Waals surface area contributed by atoms with Crippen LogP contribution in [0.25, 0.3) is 0 Å². The largest absolute Gasteiger partial charge is 0.313 e. The van der Waals surface area contributed by atoms with Gasteiger partial charge in [-0.1, -0.05) is 6.07 Å². The van der Waals surface area contributed by atoms with Crippen molar-refractivity contribution in [1.29, 1.82) is 0 Å². The SMILES string of the molecule is CNC(Cc1cc(F)cc(F)c1)c1c(F)cccc1F. The second-order valence-corrected chi connectivity index (χ2v) is 4.46. The van der Waals surface area contributed by atoms with Gasteiger partial charge in [-0.2, -0.15) is 0 Å². The Hall–Kier alpha value is -1.88. The first kappa shape index (κ1) is 14.5. The molecule has 0 amide bonds. The molecule has 1 N–H and O–H groups in total. The van der Waals surface area contributed by atoms with Gasteiger partial charge in [0.1, 0.15) is 23.3 Å². The molecule has 1 nitrogen and oxygen atoms in total. The van der Waals surface area contributed by atoms with Gasteiger partial charge in [-0.25, -0.2) is 17.6 Å². The van der Waals surface area contributed by atoms with E-state index in [0.717, 1.165) is 30.3 Å². The molecule has 0 saturated heterocycles. The average molecular weight is 283 g/mol. The van der Waals surface area contributed by atoms with Crippen LogP contribution < -0.4 is 5.32 Å². The van der Waals surface area contributed by atoms with E-state index in [1.165, 1.54) is 13.1 Å². The van der Waals surface area contributed by atoms with E-state index in [4.69, 9.17) is 0 Å². The third-order valence-corrected chi connectivity index (χ3v) is 3.06. The summed E-state index contributed by atoms with van der Waals surface area (Å²) in [6, 6.07) is 5.89. The Morgan fingerprint density at radius 3 is 2.00 bits per heavy atom. The Morgan fingerprint density at radius 1 is 0.950 bits per heavy atom. The molecule has 0 bridgehead atoms. The van der Waals surface area contributed by atoms with E-state index in [9.17, 15) is 17.6 Å². The number of benzene rings is 2. The zero-order valence-electron chi connectivity index (χ0n) is 10.8. The van der Waals surface area contributed by atoms with Crippen molar-refractivity contribution in [3.63, 3.8) is 0 Å². The molecule has 106 valence electrons. The molecule has 2 aromatic rings. The quantitative estimate of drug-likeness (QED) is 0.843. The number of halogens is 4. The van der Waals surface area contributed by atoms with E-state index in [0.29, 0.717) is 5.56 Å². The summed E-state index contributed by atoms with van der Waals surface area (Å²) < 4.78 is 53.7. The van der Waals surface area contributed by atoms with Gasteiger partial charge < -0.3 is 5.32 Å². The summed E-state index contributed by atoms with van der Waals surface area (Å²) in [6.07, 6.45) is 0.0725. The summed E-state index contributed by atoms with van der Waals surface area (Å²) in [5.74, 6) is -2.82. The fourth-order valence-corrected chi connectivity index (χ4v) is 2.16. The Bertz CT molecular complexity index is 572. The average Bonchev–Trinajstić information content (AvgIpc) is 2.36. The van der Waals surface area contributed by atoms with Crippen LogP contribution in [0.4, 0.5) is 17.6 Å². The van der Waals surface area contributed by atoms with Crippen molar-refractivity contribution in [1.82, 2.24) is 5.32 Å². The molecule has 0 spiro atoms. The molecule has 0 aromatic heterocycles. The predicted octanol–water partition coefficient (Wildman–Crippen LogP) is 3.75. The van der Waals surface area contributed by atoms with Gasteiger partial charge in [-0.3, -0.25) is 0 Å². The lowest BCUT2D eigenvalue weighted by Gasteiger charge is -2.18. The predicted molar refractivity (Wildman–Crippen MR) is 68.2 cm³/mol. The monoisotopic (exact) mass is 283 g/mol. The Balaban J connectivity index is 2.34. The minimum Gasteiger partial charge on any atom is -0.313 e. The summed E-state index contributed by atoms with van der Waals surface area (Å²) in [7, 11) is 1.53. The lowest BCUT2D eigenvalue weighted by molar-refractivity contribution is 0.487. The molecule has 2 aromatic carbocycles. The number of likely N-dealkylation sites (N-methyl/N-ethyl adjacent to an activating group) is 1. The first-order valence-corrected chi connectivity index (χ1v) is 6.07. The van der Waals surface area contributed by atoms with Gasteiger partial charge in [0.2, 0.25) is 0 Å². The van der Waals surface area contributed by atoms with Crippen LogP contribution in [0.2, 0.25) is 0 Å². The summed E-state index contributed by atoms with van der Waals surface area (Å²) >= 11 is 0. The van der Waals surface area contributed by atoms with Gasteiger partial charge >= 0.3 is 0 Å². The van der Waals surface area contributed by atoms with Crippen LogP contribution in [0, 0.1) is 23.3 Å². The zero-order valence-corrected chi connectivity index (χ0v) is 10.8. The van der Waals surface area contributed by atoms with Crippen molar-refractivity contribution in [3.05, 3.63) is 70.8 Å². The summed E-state index contributed by atoms with van der Waals surface area (Å²) in [5.41, 5.74) is 0.184. The van der Waals surface area contributed by atoms with Gasteiger partial charge in [0, 0.05) is 17.7 Å². The van der Waals surface area contributed by atoms with E-state index >= 15 is 0 Å². The smallest absolute Gasteiger partial charge is 0.130 e. The zero-order chi connectivity index (χ0) is 14.7. The van der Waals surface area contributed by atoms with E-state index in [1.54, 1.807) is 0 Å². The highest BCUT2D eigenvalue weighted by molar-refractivity contribution is 5.27. The lowest BCUT2D eigenvalue weighted by atomic mass is 9.98. The van der Waals surface area contributed by atoms with Crippen molar-refractivity contribution >= 4 is 0 Å². The fourth-order valence-electron chi connectivity index (χ4n) is 2.16. The van der Waals surface area contributed by atoms with Gasteiger partial charge in [-0.15, -0.1) is 0 Å². The lowest BCUT2D eigenvalue weighted by Crippen LogP contribution is -2.21. The first-order chi connectivity index (χ1) is 9.51. The van der Waals surface area contributed by atoms with Crippen LogP contribution in [0.5, 0.6) is 0 Å². The van der Waals surface area contributed by atoms with Crippen molar-refractivity contribution in [2.45, 2.75) is 12.5 Å². The molecule has 1 unspecified atom stereocenters. The standard InChI is InChI=1S/C15H13F4N/c1-20-14(15-12(18)3-2-4-13(15)19)7-9-5-10(16)8-11(17)6-9/h2-6,8,14,20H,7H2,1H3. The molecule has 0 heterocycles. The van der Waals surface area contributed by atoms with Crippen molar-refractivity contribution in [2.75, 3.05) is 7.05 Å². The highest BCUT2D eigenvalue weighted by Gasteiger charge is 2.19. The maximum absolute atomic E-state index is 13.7. The molecule has 0 radical (unpaired) electrons. The highest BCUT2D eigenvalue weighted by atomic mass is 19.1. The topological polar surface area (TPSA) is 12.0 Å². The molecule has 20 heavy (non-hydrogen) atoms. The molecule has 1 atom stereocenters. The third-order valence-electron chi connectivity index (χ3n) is 3.06. The van der Waals surface area contributed by atoms with Crippen LogP contribution in [0.15, 0.2) is 36.4 Å². The van der Waals surface area contributed by atoms with Crippen LogP contribution in [-0.2, 0) is 6.42 Å². The van der Waals surface area contributed by atoms with E-state index in [1.807, 2.05) is 0 Å². The van der Waals surface area contributed by atoms with Crippen molar-refractivity contribution in [3.8, 4) is 0 Å². The molecule has 0 aliphatic heterocycles. The highest BCUT2D eigenvalue weighted by Crippen LogP contribution is 2.24. The molecule has 0 saturated carbocycles. The number of hydrogen-bond donors (Lipinski definition) is 1. The number of rotatable bonds is 4. The van der Waals surface area contributed by atoms with Crippen molar-refractivity contribution < 1.29 is 17.6 Å². The van der Waals surface area contributed by atoms with E-state index < -0.39 is 29.3 Å². The van der Waals surface area contributed by atoms with E-state index in [-0.39, 0.29) is 12.0 Å². The van der Waals surface area contributed by atoms with Crippen LogP contribution in [-0.4, -0.2) is 7.05 Å². The van der Waals surface area contributed by atoms with Gasteiger partial charge in [-0.05, 0) is 43.3 Å². The van der Waals surface area contributed by atoms with E-state index in [2.05, 4.69) is 5.32 Å². The minimum absolute atomic E-state index is 0.0725. The molecule has 0 fully saturated rings. The summed E-state index contributed by atoms with van der Waals surface area (Å²) in [4.78, 5) is 0. The third kappa shape index (κ3) is 3.17. The Kier molecular flexibility index (Phi) is 4.39. The van der Waals surface area contributed by atoms with Gasteiger partial charge in [0.15, 0.2) is 0 Å². The minimum atomic E-state index is -0.719. The molecular formula is C15H13F4N. The van der Waals surface area contributed by atoms with Crippen LogP contribution in [0.1, 0.15) is 17.2 Å². The normalized spacial score (nSPS) is 12.4. The summed E-state index contributed by atoms with van der Waals surface area (Å²) in [6.45, 7) is 0. The molecule has 0 aliphatic rings. The number of nitrogens with one attached hydrogen (secondary N) is 1. The summed E-state index contributed by atoms with van der Waals surface area (Å²) in [5, 5.41) is 2.76. The van der Waals surface area contributed by atoms with Gasteiger partial charge in [0.25, 0.3) is 0 Å². The fraction of sp³-hybridized carbons (Fsp3) is 0.200. The van der Waals surface area contributed by atoms with Crippen molar-refractivity contribution in [2.24, 2.45) is 0 Å². The maximum Gasteiger partial charge on any atom is 0.130 e. The maximum atomic E-state index is 13.7. The second-order valence-electron chi connectivity index (χ2n) is 4.46. The molecule has 5 heteroatoms. The first-order valence-electron chi connectivity index (χ1n) is 6.07. The molecule has 0 aliphatic carbocycles. The Morgan fingerprint density at radius 2 is 1.50 bits per heavy atom. The van der Waals surface area contributed by atoms with Gasteiger partial charge in [0.05, 0.1) is 0 Å². The number of hydrogen-bond acceptors (Lipinski definition) is 1. The van der Waals surface area contributed by atoms with Crippen LogP contribution in [0.3, 0.4) is 0 Å². The second kappa shape index (κ2) is 6.05. The molecule has 2 rings (SSSR count). The van der Waals surface area contributed by atoms with Crippen LogP contribution >= 0.6 is 0 Å².